The van der Waals surface area contributed by atoms with Crippen LogP contribution in [0.25, 0.3) is 0 Å². The fourth-order valence-corrected chi connectivity index (χ4v) is 3.39. The van der Waals surface area contributed by atoms with Crippen molar-refractivity contribution in [2.24, 2.45) is 5.92 Å². The summed E-state index contributed by atoms with van der Waals surface area (Å²) in [5, 5.41) is 5.08. The van der Waals surface area contributed by atoms with E-state index in [4.69, 9.17) is 4.42 Å². The highest BCUT2D eigenvalue weighted by Gasteiger charge is 2.30. The minimum Gasteiger partial charge on any atom is -0.431 e. The third-order valence-corrected chi connectivity index (χ3v) is 5.47. The maximum atomic E-state index is 12.4. The molecule has 1 aliphatic rings. The van der Waals surface area contributed by atoms with Crippen molar-refractivity contribution < 1.29 is 22.4 Å². The van der Waals surface area contributed by atoms with Crippen molar-refractivity contribution >= 4 is 39.5 Å². The zero-order valence-electron chi connectivity index (χ0n) is 15.4. The number of aromatic nitrogens is 3. The summed E-state index contributed by atoms with van der Waals surface area (Å²) in [6.07, 6.45) is 5.62. The van der Waals surface area contributed by atoms with Crippen molar-refractivity contribution in [3.05, 3.63) is 54.7 Å². The van der Waals surface area contributed by atoms with Crippen molar-refractivity contribution in [3.63, 3.8) is 0 Å². The van der Waals surface area contributed by atoms with Crippen LogP contribution in [-0.4, -0.2) is 35.2 Å². The van der Waals surface area contributed by atoms with Gasteiger partial charge in [-0.2, -0.15) is 4.98 Å². The third-order valence-electron chi connectivity index (χ3n) is 4.13. The lowest BCUT2D eigenvalue weighted by Gasteiger charge is -2.07. The highest BCUT2D eigenvalue weighted by atomic mass is 32.2. The fraction of sp³-hybridized carbons (Fsp3) is 0.167. The highest BCUT2D eigenvalue weighted by Crippen LogP contribution is 2.30. The van der Waals surface area contributed by atoms with Crippen LogP contribution in [0, 0.1) is 5.92 Å². The Morgan fingerprint density at radius 1 is 1.03 bits per heavy atom. The van der Waals surface area contributed by atoms with E-state index >= 15 is 0 Å². The zero-order valence-corrected chi connectivity index (χ0v) is 16.2. The van der Waals surface area contributed by atoms with Crippen molar-refractivity contribution in [2.45, 2.75) is 17.7 Å². The van der Waals surface area contributed by atoms with Gasteiger partial charge in [0.2, 0.25) is 11.9 Å². The van der Waals surface area contributed by atoms with E-state index < -0.39 is 15.9 Å². The van der Waals surface area contributed by atoms with Crippen molar-refractivity contribution in [2.75, 3.05) is 15.4 Å². The molecule has 1 saturated carbocycles. The van der Waals surface area contributed by atoms with E-state index in [1.807, 2.05) is 0 Å². The minimum atomic E-state index is -3.88. The molecule has 1 aromatic carbocycles. The monoisotopic (exact) mass is 428 g/mol. The third kappa shape index (κ3) is 4.60. The molecule has 0 unspecified atom stereocenters. The van der Waals surface area contributed by atoms with Gasteiger partial charge in [0.05, 0.1) is 4.90 Å². The normalized spacial score (nSPS) is 13.5. The van der Waals surface area contributed by atoms with Crippen LogP contribution in [0.2, 0.25) is 0 Å². The van der Waals surface area contributed by atoms with Crippen LogP contribution in [0.1, 0.15) is 23.3 Å². The Kier molecular flexibility index (Phi) is 5.14. The van der Waals surface area contributed by atoms with Crippen LogP contribution >= 0.6 is 0 Å². The molecule has 0 spiro atoms. The average molecular weight is 428 g/mol. The number of rotatable bonds is 7. The van der Waals surface area contributed by atoms with E-state index in [-0.39, 0.29) is 34.4 Å². The van der Waals surface area contributed by atoms with E-state index in [0.29, 0.717) is 5.69 Å². The van der Waals surface area contributed by atoms with Crippen molar-refractivity contribution in [1.82, 2.24) is 15.0 Å². The van der Waals surface area contributed by atoms with Gasteiger partial charge < -0.3 is 9.73 Å². The van der Waals surface area contributed by atoms with Crippen LogP contribution < -0.4 is 15.4 Å². The topological polar surface area (TPSA) is 156 Å². The first-order chi connectivity index (χ1) is 14.4. The summed E-state index contributed by atoms with van der Waals surface area (Å²) in [5.74, 6) is -0.829. The maximum Gasteiger partial charge on any atom is 0.302 e. The van der Waals surface area contributed by atoms with E-state index in [9.17, 15) is 18.0 Å². The molecule has 0 aliphatic heterocycles. The molecular weight excluding hydrogens is 412 g/mol. The zero-order chi connectivity index (χ0) is 21.1. The molecule has 2 amide bonds. The summed E-state index contributed by atoms with van der Waals surface area (Å²) in [4.78, 5) is 35.5. The molecule has 0 atom stereocenters. The number of hydrogen-bond acceptors (Lipinski definition) is 8. The fourth-order valence-electron chi connectivity index (χ4n) is 2.43. The van der Waals surface area contributed by atoms with Crippen molar-refractivity contribution in [1.29, 1.82) is 0 Å². The smallest absolute Gasteiger partial charge is 0.302 e. The number of nitrogens with zero attached hydrogens (tertiary/aromatic N) is 3. The molecule has 3 N–H and O–H groups in total. The van der Waals surface area contributed by atoms with E-state index in [2.05, 4.69) is 30.3 Å². The minimum absolute atomic E-state index is 0.0214. The van der Waals surface area contributed by atoms with Gasteiger partial charge in [-0.3, -0.25) is 14.9 Å². The standard InChI is InChI=1S/C18H16N6O5S/c25-15(11-2-3-11)23-18-22-14(10-29-18)16(26)21-12-4-6-13(7-5-12)30(27,28)24-17-19-8-1-9-20-17/h1,4-11H,2-3H2,(H,21,26)(H,19,20,24)(H,22,23,25). The van der Waals surface area contributed by atoms with Gasteiger partial charge in [0.25, 0.3) is 15.9 Å². The second-order valence-corrected chi connectivity index (χ2v) is 8.14. The van der Waals surface area contributed by atoms with Gasteiger partial charge in [0, 0.05) is 24.0 Å². The molecule has 12 heteroatoms. The summed E-state index contributed by atoms with van der Waals surface area (Å²) < 4.78 is 32.1. The quantitative estimate of drug-likeness (QED) is 0.515. The van der Waals surface area contributed by atoms with Gasteiger partial charge in [-0.15, -0.1) is 0 Å². The summed E-state index contributed by atoms with van der Waals surface area (Å²) in [6, 6.07) is 7.01. The SMILES string of the molecule is O=C(Nc1ccc(S(=O)(=O)Nc2ncccn2)cc1)c1coc(NC(=O)C2CC2)n1. The second-order valence-electron chi connectivity index (χ2n) is 6.46. The van der Waals surface area contributed by atoms with Gasteiger partial charge >= 0.3 is 6.01 Å². The summed E-state index contributed by atoms with van der Waals surface area (Å²) in [6.45, 7) is 0. The number of sulfonamides is 1. The Hall–Kier alpha value is -3.80. The van der Waals surface area contributed by atoms with E-state index in [1.165, 1.54) is 36.7 Å². The Morgan fingerprint density at radius 2 is 1.73 bits per heavy atom. The van der Waals surface area contributed by atoms with Gasteiger partial charge in [0.15, 0.2) is 5.69 Å². The molecule has 1 aliphatic carbocycles. The van der Waals surface area contributed by atoms with Crippen LogP contribution in [0.4, 0.5) is 17.7 Å². The van der Waals surface area contributed by atoms with Gasteiger partial charge in [-0.1, -0.05) is 0 Å². The molecule has 1 fully saturated rings. The van der Waals surface area contributed by atoms with E-state index in [1.54, 1.807) is 6.07 Å². The molecule has 2 aromatic heterocycles. The number of carbonyl (C=O) groups is 2. The van der Waals surface area contributed by atoms with Crippen LogP contribution in [-0.2, 0) is 14.8 Å². The average Bonchev–Trinajstić information content (AvgIpc) is 3.48. The number of oxazole rings is 1. The number of anilines is 3. The molecule has 11 nitrogen and oxygen atoms in total. The molecule has 0 radical (unpaired) electrons. The first-order valence-electron chi connectivity index (χ1n) is 8.88. The molecule has 2 heterocycles. The Morgan fingerprint density at radius 3 is 2.40 bits per heavy atom. The van der Waals surface area contributed by atoms with E-state index in [0.717, 1.165) is 19.1 Å². The molecule has 30 heavy (non-hydrogen) atoms. The van der Waals surface area contributed by atoms with Gasteiger partial charge in [-0.05, 0) is 43.2 Å². The van der Waals surface area contributed by atoms with Crippen LogP contribution in [0.3, 0.4) is 0 Å². The molecule has 3 aromatic rings. The first kappa shape index (κ1) is 19.5. The summed E-state index contributed by atoms with van der Waals surface area (Å²) >= 11 is 0. The van der Waals surface area contributed by atoms with Gasteiger partial charge in [-0.25, -0.2) is 23.1 Å². The molecular formula is C18H16N6O5S. The number of amides is 2. The number of nitrogens with one attached hydrogen (secondary N) is 3. The number of carbonyl (C=O) groups excluding carboxylic acids is 2. The summed E-state index contributed by atoms with van der Waals surface area (Å²) in [5.41, 5.74) is 0.321. The predicted octanol–water partition coefficient (Wildman–Crippen LogP) is 1.87. The Labute approximate surface area is 171 Å². The molecule has 0 bridgehead atoms. The van der Waals surface area contributed by atoms with Crippen molar-refractivity contribution in [3.8, 4) is 0 Å². The largest absolute Gasteiger partial charge is 0.431 e. The van der Waals surface area contributed by atoms with Gasteiger partial charge in [0.1, 0.15) is 6.26 Å². The summed E-state index contributed by atoms with van der Waals surface area (Å²) in [7, 11) is -3.88. The van der Waals surface area contributed by atoms with Crippen LogP contribution in [0.15, 0.2) is 58.3 Å². The molecule has 0 saturated heterocycles. The van der Waals surface area contributed by atoms with Crippen LogP contribution in [0.5, 0.6) is 0 Å². The highest BCUT2D eigenvalue weighted by molar-refractivity contribution is 7.92. The lowest BCUT2D eigenvalue weighted by atomic mass is 10.3. The Bertz CT molecular complexity index is 1170. The number of hydrogen-bond donors (Lipinski definition) is 3. The lowest BCUT2D eigenvalue weighted by Crippen LogP contribution is -2.16. The molecule has 4 rings (SSSR count). The Balaban J connectivity index is 1.39. The molecule has 154 valence electrons. The second kappa shape index (κ2) is 7.91. The lowest BCUT2D eigenvalue weighted by molar-refractivity contribution is -0.117. The maximum absolute atomic E-state index is 12.4. The number of benzene rings is 1. The first-order valence-corrected chi connectivity index (χ1v) is 10.4. The predicted molar refractivity (Wildman–Crippen MR) is 105 cm³/mol.